The van der Waals surface area contributed by atoms with Crippen LogP contribution in [0.15, 0.2) is 60.7 Å². The molecule has 5 heteroatoms. The highest BCUT2D eigenvalue weighted by Crippen LogP contribution is 2.34. The minimum absolute atomic E-state index is 0.0315. The van der Waals surface area contributed by atoms with Gasteiger partial charge in [-0.15, -0.1) is 0 Å². The molecule has 1 fully saturated rings. The largest absolute Gasteiger partial charge is 0.465 e. The molecule has 3 rings (SSSR count). The number of carbonyl (C=O) groups excluding carboxylic acids is 2. The van der Waals surface area contributed by atoms with E-state index in [2.05, 4.69) is 5.32 Å². The molecule has 0 aromatic heterocycles. The van der Waals surface area contributed by atoms with E-state index in [-0.39, 0.29) is 11.9 Å². The van der Waals surface area contributed by atoms with Gasteiger partial charge >= 0.3 is 5.97 Å². The first-order chi connectivity index (χ1) is 13.6. The molecule has 0 bridgehead atoms. The van der Waals surface area contributed by atoms with Gasteiger partial charge in [0.05, 0.1) is 32.7 Å². The Balaban J connectivity index is 1.57. The summed E-state index contributed by atoms with van der Waals surface area (Å²) in [5, 5.41) is 2.93. The highest BCUT2D eigenvalue weighted by molar-refractivity contribution is 5.90. The molecule has 0 atom stereocenters. The molecule has 1 aliphatic rings. The predicted molar refractivity (Wildman–Crippen MR) is 109 cm³/mol. The molecular formula is C23H29N2O3+. The van der Waals surface area contributed by atoms with Crippen LogP contribution in [0.3, 0.4) is 0 Å². The number of quaternary nitrogens is 1. The van der Waals surface area contributed by atoms with E-state index in [4.69, 9.17) is 4.74 Å². The van der Waals surface area contributed by atoms with Crippen LogP contribution >= 0.6 is 0 Å². The third-order valence-electron chi connectivity index (χ3n) is 5.57. The minimum atomic E-state index is -0.562. The summed E-state index contributed by atoms with van der Waals surface area (Å²) in [4.78, 5) is 26.4. The van der Waals surface area contributed by atoms with Crippen LogP contribution in [0.25, 0.3) is 0 Å². The molecule has 5 nitrogen and oxygen atoms in total. The van der Waals surface area contributed by atoms with Crippen LogP contribution in [0, 0.1) is 0 Å². The summed E-state index contributed by atoms with van der Waals surface area (Å²) in [6.45, 7) is 4.72. The fourth-order valence-electron chi connectivity index (χ4n) is 3.95. The molecule has 1 aliphatic heterocycles. The van der Waals surface area contributed by atoms with E-state index in [0.29, 0.717) is 13.0 Å². The molecule has 2 N–H and O–H groups in total. The zero-order valence-corrected chi connectivity index (χ0v) is 16.4. The Morgan fingerprint density at radius 2 is 1.61 bits per heavy atom. The molecule has 0 unspecified atom stereocenters. The first-order valence-corrected chi connectivity index (χ1v) is 10.1. The van der Waals surface area contributed by atoms with E-state index >= 15 is 0 Å². The minimum Gasteiger partial charge on any atom is -0.465 e. The standard InChI is InChI=1S/C23H28N2O3/c1-2-28-22(27)23(19-9-5-3-6-10-19)14-17-25(18-15-23)16-13-21(26)24-20-11-7-4-8-12-20/h3-12H,2,13-18H2,1H3,(H,24,26)/p+1. The summed E-state index contributed by atoms with van der Waals surface area (Å²) in [5.41, 5.74) is 1.30. The number of para-hydroxylation sites is 1. The number of hydrogen-bond acceptors (Lipinski definition) is 3. The second kappa shape index (κ2) is 9.51. The Bertz CT molecular complexity index is 769. The van der Waals surface area contributed by atoms with Crippen molar-refractivity contribution in [3.63, 3.8) is 0 Å². The van der Waals surface area contributed by atoms with Crippen molar-refractivity contribution in [2.45, 2.75) is 31.6 Å². The maximum absolute atomic E-state index is 12.8. The Morgan fingerprint density at radius 3 is 2.21 bits per heavy atom. The molecule has 0 spiro atoms. The van der Waals surface area contributed by atoms with Gasteiger partial charge in [-0.1, -0.05) is 48.5 Å². The lowest BCUT2D eigenvalue weighted by Gasteiger charge is -2.38. The van der Waals surface area contributed by atoms with E-state index in [1.807, 2.05) is 67.6 Å². The third kappa shape index (κ3) is 4.78. The van der Waals surface area contributed by atoms with Crippen LogP contribution in [0.5, 0.6) is 0 Å². The van der Waals surface area contributed by atoms with Crippen molar-refractivity contribution in [3.05, 3.63) is 66.2 Å². The number of amides is 1. The van der Waals surface area contributed by atoms with Crippen molar-refractivity contribution in [1.29, 1.82) is 0 Å². The fourth-order valence-corrected chi connectivity index (χ4v) is 3.95. The highest BCUT2D eigenvalue weighted by atomic mass is 16.5. The average Bonchev–Trinajstić information content (AvgIpc) is 2.74. The van der Waals surface area contributed by atoms with Gasteiger partial charge in [0.2, 0.25) is 5.91 Å². The number of likely N-dealkylation sites (tertiary alicyclic amines) is 1. The molecule has 148 valence electrons. The Hall–Kier alpha value is -2.66. The average molecular weight is 381 g/mol. The molecule has 2 aromatic carbocycles. The van der Waals surface area contributed by atoms with Gasteiger partial charge in [-0.25, -0.2) is 0 Å². The van der Waals surface area contributed by atoms with Crippen LogP contribution in [0.4, 0.5) is 5.69 Å². The summed E-state index contributed by atoms with van der Waals surface area (Å²) in [5.74, 6) is -0.0916. The van der Waals surface area contributed by atoms with Crippen molar-refractivity contribution in [2.75, 3.05) is 31.6 Å². The number of benzene rings is 2. The maximum Gasteiger partial charge on any atom is 0.317 e. The highest BCUT2D eigenvalue weighted by Gasteiger charge is 2.45. The number of piperidine rings is 1. The van der Waals surface area contributed by atoms with Crippen molar-refractivity contribution in [2.24, 2.45) is 0 Å². The number of anilines is 1. The van der Waals surface area contributed by atoms with Crippen molar-refractivity contribution >= 4 is 17.6 Å². The molecule has 28 heavy (non-hydrogen) atoms. The Labute approximate surface area is 166 Å². The molecule has 0 radical (unpaired) electrons. The van der Waals surface area contributed by atoms with Gasteiger partial charge in [0.1, 0.15) is 5.41 Å². The molecule has 0 aliphatic carbocycles. The molecule has 1 heterocycles. The van der Waals surface area contributed by atoms with Gasteiger partial charge in [0.15, 0.2) is 0 Å². The Kier molecular flexibility index (Phi) is 6.82. The summed E-state index contributed by atoms with van der Waals surface area (Å²) in [7, 11) is 0. The van der Waals surface area contributed by atoms with Crippen LogP contribution < -0.4 is 10.2 Å². The Morgan fingerprint density at radius 1 is 1.00 bits per heavy atom. The lowest BCUT2D eigenvalue weighted by atomic mass is 9.72. The van der Waals surface area contributed by atoms with Crippen LogP contribution in [-0.4, -0.2) is 38.1 Å². The normalized spacial score (nSPS) is 21.7. The lowest BCUT2D eigenvalue weighted by molar-refractivity contribution is -0.905. The van der Waals surface area contributed by atoms with Gasteiger partial charge in [-0.2, -0.15) is 0 Å². The van der Waals surface area contributed by atoms with Gasteiger partial charge in [0.25, 0.3) is 0 Å². The van der Waals surface area contributed by atoms with Crippen molar-refractivity contribution in [3.8, 4) is 0 Å². The fraction of sp³-hybridized carbons (Fsp3) is 0.391. The number of carbonyl (C=O) groups is 2. The number of esters is 1. The first-order valence-electron chi connectivity index (χ1n) is 10.1. The molecule has 0 saturated carbocycles. The van der Waals surface area contributed by atoms with E-state index in [9.17, 15) is 9.59 Å². The zero-order valence-electron chi connectivity index (χ0n) is 16.4. The second-order valence-electron chi connectivity index (χ2n) is 7.33. The summed E-state index contributed by atoms with van der Waals surface area (Å²) in [6, 6.07) is 19.5. The number of hydrogen-bond donors (Lipinski definition) is 2. The van der Waals surface area contributed by atoms with Crippen LogP contribution in [-0.2, 0) is 19.7 Å². The van der Waals surface area contributed by atoms with Crippen LogP contribution in [0.2, 0.25) is 0 Å². The van der Waals surface area contributed by atoms with E-state index in [1.54, 1.807) is 0 Å². The molecule has 2 aromatic rings. The predicted octanol–water partition coefficient (Wildman–Crippen LogP) is 2.19. The smallest absolute Gasteiger partial charge is 0.317 e. The zero-order chi connectivity index (χ0) is 19.8. The molecule has 1 amide bonds. The topological polar surface area (TPSA) is 59.8 Å². The lowest BCUT2D eigenvalue weighted by Crippen LogP contribution is -3.13. The summed E-state index contributed by atoms with van der Waals surface area (Å²) >= 11 is 0. The number of ether oxygens (including phenoxy) is 1. The van der Waals surface area contributed by atoms with Gasteiger partial charge < -0.3 is 15.0 Å². The third-order valence-corrected chi connectivity index (χ3v) is 5.57. The maximum atomic E-state index is 12.8. The number of rotatable bonds is 7. The SMILES string of the molecule is CCOC(=O)C1(c2ccccc2)CC[NH+](CCC(=O)Nc2ccccc2)CC1. The second-order valence-corrected chi connectivity index (χ2v) is 7.33. The quantitative estimate of drug-likeness (QED) is 0.723. The van der Waals surface area contributed by atoms with E-state index in [0.717, 1.165) is 43.7 Å². The van der Waals surface area contributed by atoms with E-state index in [1.165, 1.54) is 4.90 Å². The van der Waals surface area contributed by atoms with E-state index < -0.39 is 5.41 Å². The first kappa shape index (κ1) is 20.1. The monoisotopic (exact) mass is 381 g/mol. The summed E-state index contributed by atoms with van der Waals surface area (Å²) < 4.78 is 5.43. The molecule has 1 saturated heterocycles. The van der Waals surface area contributed by atoms with Gasteiger partial charge in [-0.05, 0) is 24.6 Å². The number of nitrogens with one attached hydrogen (secondary N) is 2. The summed E-state index contributed by atoms with van der Waals surface area (Å²) in [6.07, 6.45) is 1.96. The van der Waals surface area contributed by atoms with Gasteiger partial charge in [-0.3, -0.25) is 9.59 Å². The van der Waals surface area contributed by atoms with Crippen LogP contribution in [0.1, 0.15) is 31.7 Å². The molecular weight excluding hydrogens is 352 g/mol. The van der Waals surface area contributed by atoms with Crippen molar-refractivity contribution < 1.29 is 19.2 Å². The van der Waals surface area contributed by atoms with Crippen molar-refractivity contribution in [1.82, 2.24) is 0 Å². The van der Waals surface area contributed by atoms with Gasteiger partial charge in [0, 0.05) is 18.5 Å².